The van der Waals surface area contributed by atoms with Crippen LogP contribution in [0.1, 0.15) is 20.7 Å². The van der Waals surface area contributed by atoms with Gasteiger partial charge in [-0.1, -0.05) is 66.7 Å². The Morgan fingerprint density at radius 2 is 1.32 bits per heavy atom. The average molecular weight is 286 g/mol. The Bertz CT molecular complexity index is 817. The molecule has 0 aromatic heterocycles. The summed E-state index contributed by atoms with van der Waals surface area (Å²) in [6.45, 7) is 0. The van der Waals surface area contributed by atoms with Crippen LogP contribution in [0.25, 0.3) is 22.3 Å². The van der Waals surface area contributed by atoms with Crippen LogP contribution in [0.2, 0.25) is 0 Å². The second-order valence-corrected chi connectivity index (χ2v) is 5.03. The molecule has 0 amide bonds. The molecule has 3 aromatic carbocycles. The molecule has 0 atom stereocenters. The Labute approximate surface area is 129 Å². The molecule has 0 saturated heterocycles. The highest BCUT2D eigenvalue weighted by Gasteiger charge is 2.04. The van der Waals surface area contributed by atoms with Gasteiger partial charge in [-0.3, -0.25) is 9.59 Å². The van der Waals surface area contributed by atoms with Gasteiger partial charge in [-0.15, -0.1) is 0 Å². The van der Waals surface area contributed by atoms with E-state index in [4.69, 9.17) is 0 Å². The molecule has 0 bridgehead atoms. The summed E-state index contributed by atoms with van der Waals surface area (Å²) >= 11 is 0. The Kier molecular flexibility index (Phi) is 3.92. The van der Waals surface area contributed by atoms with Gasteiger partial charge in [0.1, 0.15) is 6.29 Å². The van der Waals surface area contributed by atoms with Crippen molar-refractivity contribution in [1.82, 2.24) is 0 Å². The first kappa shape index (κ1) is 14.0. The Morgan fingerprint density at radius 1 is 0.591 bits per heavy atom. The molecular weight excluding hydrogens is 272 g/mol. The fraction of sp³-hybridized carbons (Fsp3) is 0. The predicted octanol–water partition coefficient (Wildman–Crippen LogP) is 4.65. The van der Waals surface area contributed by atoms with E-state index in [0.29, 0.717) is 11.1 Å². The molecule has 0 unspecified atom stereocenters. The van der Waals surface area contributed by atoms with Crippen LogP contribution in [-0.4, -0.2) is 12.6 Å². The smallest absolute Gasteiger partial charge is 0.150 e. The largest absolute Gasteiger partial charge is 0.298 e. The third-order valence-electron chi connectivity index (χ3n) is 3.64. The van der Waals surface area contributed by atoms with Gasteiger partial charge in [-0.2, -0.15) is 0 Å². The van der Waals surface area contributed by atoms with E-state index >= 15 is 0 Å². The van der Waals surface area contributed by atoms with Crippen LogP contribution in [-0.2, 0) is 0 Å². The first-order valence-electron chi connectivity index (χ1n) is 7.02. The molecule has 0 spiro atoms. The zero-order valence-corrected chi connectivity index (χ0v) is 11.9. The summed E-state index contributed by atoms with van der Waals surface area (Å²) in [6.07, 6.45) is 1.72. The molecule has 3 aromatic rings. The molecule has 0 heterocycles. The molecule has 2 nitrogen and oxygen atoms in total. The lowest BCUT2D eigenvalue weighted by Crippen LogP contribution is -1.87. The number of carbonyl (C=O) groups excluding carboxylic acids is 2. The van der Waals surface area contributed by atoms with Crippen molar-refractivity contribution in [3.8, 4) is 22.3 Å². The maximum atomic E-state index is 11.1. The Hall–Kier alpha value is -3.00. The van der Waals surface area contributed by atoms with Gasteiger partial charge in [0.05, 0.1) is 0 Å². The molecule has 22 heavy (non-hydrogen) atoms. The van der Waals surface area contributed by atoms with Crippen LogP contribution in [0.15, 0.2) is 72.8 Å². The highest BCUT2D eigenvalue weighted by atomic mass is 16.1. The summed E-state index contributed by atoms with van der Waals surface area (Å²) in [5.74, 6) is 0. The fourth-order valence-electron chi connectivity index (χ4n) is 2.50. The third kappa shape index (κ3) is 2.72. The van der Waals surface area contributed by atoms with E-state index in [0.717, 1.165) is 34.8 Å². The summed E-state index contributed by atoms with van der Waals surface area (Å²) in [7, 11) is 0. The lowest BCUT2D eigenvalue weighted by Gasteiger charge is -2.07. The van der Waals surface area contributed by atoms with Crippen molar-refractivity contribution in [2.75, 3.05) is 0 Å². The van der Waals surface area contributed by atoms with Gasteiger partial charge < -0.3 is 0 Å². The monoisotopic (exact) mass is 286 g/mol. The van der Waals surface area contributed by atoms with Gasteiger partial charge in [0.15, 0.2) is 6.29 Å². The molecule has 0 aliphatic carbocycles. The second-order valence-electron chi connectivity index (χ2n) is 5.03. The van der Waals surface area contributed by atoms with Crippen LogP contribution >= 0.6 is 0 Å². The van der Waals surface area contributed by atoms with Crippen molar-refractivity contribution < 1.29 is 9.59 Å². The molecule has 0 N–H and O–H groups in total. The van der Waals surface area contributed by atoms with Crippen LogP contribution < -0.4 is 0 Å². The van der Waals surface area contributed by atoms with Gasteiger partial charge in [0.2, 0.25) is 0 Å². The number of benzene rings is 3. The first-order chi connectivity index (χ1) is 10.8. The molecule has 0 aliphatic heterocycles. The van der Waals surface area contributed by atoms with E-state index in [2.05, 4.69) is 0 Å². The highest BCUT2D eigenvalue weighted by molar-refractivity contribution is 5.88. The summed E-state index contributed by atoms with van der Waals surface area (Å²) < 4.78 is 0. The van der Waals surface area contributed by atoms with Crippen molar-refractivity contribution >= 4 is 12.6 Å². The Morgan fingerprint density at radius 3 is 2.05 bits per heavy atom. The number of carbonyl (C=O) groups is 2. The second kappa shape index (κ2) is 6.19. The highest BCUT2D eigenvalue weighted by Crippen LogP contribution is 2.26. The van der Waals surface area contributed by atoms with Crippen molar-refractivity contribution in [2.24, 2.45) is 0 Å². The fourth-order valence-corrected chi connectivity index (χ4v) is 2.50. The zero-order valence-electron chi connectivity index (χ0n) is 11.9. The van der Waals surface area contributed by atoms with Gasteiger partial charge in [0, 0.05) is 11.1 Å². The van der Waals surface area contributed by atoms with Crippen LogP contribution in [0.5, 0.6) is 0 Å². The SMILES string of the molecule is O=Cc1cccc(-c2ccc(-c3ccccc3C=O)cc2)c1. The maximum absolute atomic E-state index is 11.1. The van der Waals surface area contributed by atoms with Gasteiger partial charge >= 0.3 is 0 Å². The third-order valence-corrected chi connectivity index (χ3v) is 3.64. The minimum absolute atomic E-state index is 0.660. The normalized spacial score (nSPS) is 10.2. The van der Waals surface area contributed by atoms with E-state index in [1.54, 1.807) is 6.07 Å². The van der Waals surface area contributed by atoms with E-state index in [-0.39, 0.29) is 0 Å². The van der Waals surface area contributed by atoms with Gasteiger partial charge in [0.25, 0.3) is 0 Å². The van der Waals surface area contributed by atoms with Crippen LogP contribution in [0.4, 0.5) is 0 Å². The molecule has 106 valence electrons. The summed E-state index contributed by atoms with van der Waals surface area (Å²) in [5, 5.41) is 0. The summed E-state index contributed by atoms with van der Waals surface area (Å²) in [6, 6.07) is 23.0. The molecule has 3 rings (SSSR count). The molecule has 0 aliphatic rings. The maximum Gasteiger partial charge on any atom is 0.150 e. The van der Waals surface area contributed by atoms with Gasteiger partial charge in [-0.05, 0) is 28.3 Å². The minimum Gasteiger partial charge on any atom is -0.298 e. The van der Waals surface area contributed by atoms with E-state index in [1.807, 2.05) is 66.7 Å². The van der Waals surface area contributed by atoms with Crippen LogP contribution in [0.3, 0.4) is 0 Å². The average Bonchev–Trinajstić information content (AvgIpc) is 2.62. The van der Waals surface area contributed by atoms with Crippen molar-refractivity contribution in [3.05, 3.63) is 83.9 Å². The standard InChI is InChI=1S/C20H14O2/c21-13-15-4-3-6-18(12-15)16-8-10-17(11-9-16)20-7-2-1-5-19(20)14-22/h1-14H. The van der Waals surface area contributed by atoms with Gasteiger partial charge in [-0.25, -0.2) is 0 Å². The number of hydrogen-bond acceptors (Lipinski definition) is 2. The molecule has 0 fully saturated rings. The summed E-state index contributed by atoms with van der Waals surface area (Å²) in [4.78, 5) is 22.0. The summed E-state index contributed by atoms with van der Waals surface area (Å²) in [5.41, 5.74) is 5.30. The molecular formula is C20H14O2. The lowest BCUT2D eigenvalue weighted by molar-refractivity contribution is 0.111. The minimum atomic E-state index is 0.660. The molecule has 0 saturated carbocycles. The Balaban J connectivity index is 1.99. The quantitative estimate of drug-likeness (QED) is 0.654. The van der Waals surface area contributed by atoms with Crippen molar-refractivity contribution in [2.45, 2.75) is 0 Å². The molecule has 2 heteroatoms. The van der Waals surface area contributed by atoms with E-state index in [1.165, 1.54) is 0 Å². The van der Waals surface area contributed by atoms with Crippen LogP contribution in [0, 0.1) is 0 Å². The predicted molar refractivity (Wildman–Crippen MR) is 88.1 cm³/mol. The van der Waals surface area contributed by atoms with Crippen molar-refractivity contribution in [3.63, 3.8) is 0 Å². The molecule has 0 radical (unpaired) electrons. The topological polar surface area (TPSA) is 34.1 Å². The number of hydrogen-bond donors (Lipinski definition) is 0. The number of rotatable bonds is 4. The van der Waals surface area contributed by atoms with E-state index < -0.39 is 0 Å². The zero-order chi connectivity index (χ0) is 15.4. The van der Waals surface area contributed by atoms with Crippen molar-refractivity contribution in [1.29, 1.82) is 0 Å². The van der Waals surface area contributed by atoms with E-state index in [9.17, 15) is 9.59 Å². The number of aldehydes is 2. The lowest BCUT2D eigenvalue weighted by atomic mass is 9.97. The first-order valence-corrected chi connectivity index (χ1v) is 7.02.